The number of carbonyl (C=O) groups excluding carboxylic acids is 3. The average Bonchev–Trinajstić information content (AvgIpc) is 3.37. The van der Waals surface area contributed by atoms with Crippen LogP contribution in [0.3, 0.4) is 0 Å². The summed E-state index contributed by atoms with van der Waals surface area (Å²) < 4.78 is 16.9. The Morgan fingerprint density at radius 1 is 0.296 bits per heavy atom. The van der Waals surface area contributed by atoms with Crippen LogP contribution < -0.4 is 0 Å². The molecule has 71 heavy (non-hydrogen) atoms. The van der Waals surface area contributed by atoms with Gasteiger partial charge in [0.25, 0.3) is 0 Å². The van der Waals surface area contributed by atoms with Crippen LogP contribution in [0.25, 0.3) is 0 Å². The molecule has 0 fully saturated rings. The molecule has 0 saturated carbocycles. The van der Waals surface area contributed by atoms with Crippen molar-refractivity contribution in [3.8, 4) is 0 Å². The second-order valence-corrected chi connectivity index (χ2v) is 19.5. The first-order valence-electron chi connectivity index (χ1n) is 29.7. The number of allylic oxidation sites excluding steroid dienone is 16. The molecule has 0 aromatic heterocycles. The minimum Gasteiger partial charge on any atom is -0.462 e. The third-order valence-electron chi connectivity index (χ3n) is 12.5. The smallest absolute Gasteiger partial charge is 0.306 e. The Hall–Kier alpha value is -3.67. The summed E-state index contributed by atoms with van der Waals surface area (Å²) in [6.07, 6.45) is 78.2. The molecule has 406 valence electrons. The van der Waals surface area contributed by atoms with Crippen molar-refractivity contribution in [2.45, 2.75) is 284 Å². The van der Waals surface area contributed by atoms with Gasteiger partial charge in [-0.1, -0.05) is 234 Å². The fourth-order valence-corrected chi connectivity index (χ4v) is 8.08. The number of hydrogen-bond acceptors (Lipinski definition) is 6. The van der Waals surface area contributed by atoms with Gasteiger partial charge in [0.2, 0.25) is 0 Å². The van der Waals surface area contributed by atoms with Crippen molar-refractivity contribution in [3.05, 3.63) is 97.2 Å². The first-order chi connectivity index (χ1) is 35.0. The van der Waals surface area contributed by atoms with Gasteiger partial charge in [0.05, 0.1) is 0 Å². The van der Waals surface area contributed by atoms with Gasteiger partial charge in [-0.15, -0.1) is 0 Å². The van der Waals surface area contributed by atoms with Crippen LogP contribution >= 0.6 is 0 Å². The van der Waals surface area contributed by atoms with E-state index in [0.717, 1.165) is 128 Å². The fraction of sp³-hybridized carbons (Fsp3) is 0.708. The van der Waals surface area contributed by atoms with Crippen molar-refractivity contribution in [2.24, 2.45) is 0 Å². The Bertz CT molecular complexity index is 1410. The molecule has 0 amide bonds. The number of unbranched alkanes of at least 4 members (excludes halogenated alkanes) is 26. The van der Waals surface area contributed by atoms with Crippen molar-refractivity contribution in [2.75, 3.05) is 13.2 Å². The van der Waals surface area contributed by atoms with Gasteiger partial charge in [0.1, 0.15) is 13.2 Å². The monoisotopic (exact) mass is 987 g/mol. The number of hydrogen-bond donors (Lipinski definition) is 0. The van der Waals surface area contributed by atoms with Crippen molar-refractivity contribution < 1.29 is 28.6 Å². The maximum atomic E-state index is 12.9. The van der Waals surface area contributed by atoms with Crippen LogP contribution in [-0.2, 0) is 28.6 Å². The lowest BCUT2D eigenvalue weighted by molar-refractivity contribution is -0.167. The highest BCUT2D eigenvalue weighted by Crippen LogP contribution is 2.15. The van der Waals surface area contributed by atoms with Gasteiger partial charge in [0, 0.05) is 19.3 Å². The molecule has 0 aliphatic heterocycles. The maximum absolute atomic E-state index is 12.9. The van der Waals surface area contributed by atoms with Gasteiger partial charge in [-0.3, -0.25) is 14.4 Å². The Morgan fingerprint density at radius 2 is 0.549 bits per heavy atom. The quantitative estimate of drug-likeness (QED) is 0.0261. The molecule has 1 atom stereocenters. The zero-order valence-electron chi connectivity index (χ0n) is 46.5. The molecule has 0 radical (unpaired) electrons. The van der Waals surface area contributed by atoms with E-state index >= 15 is 0 Å². The van der Waals surface area contributed by atoms with Crippen molar-refractivity contribution in [1.29, 1.82) is 0 Å². The molecule has 0 bridgehead atoms. The summed E-state index contributed by atoms with van der Waals surface area (Å²) in [5, 5.41) is 0. The van der Waals surface area contributed by atoms with Gasteiger partial charge in [0.15, 0.2) is 6.10 Å². The highest BCUT2D eigenvalue weighted by molar-refractivity contribution is 5.71. The Kier molecular flexibility index (Phi) is 55.9. The van der Waals surface area contributed by atoms with Crippen LogP contribution in [0.15, 0.2) is 97.2 Å². The molecule has 6 nitrogen and oxygen atoms in total. The van der Waals surface area contributed by atoms with Crippen molar-refractivity contribution in [3.63, 3.8) is 0 Å². The molecule has 0 heterocycles. The lowest BCUT2D eigenvalue weighted by atomic mass is 10.1. The molecule has 0 aromatic carbocycles. The lowest BCUT2D eigenvalue weighted by Crippen LogP contribution is -2.30. The van der Waals surface area contributed by atoms with Gasteiger partial charge in [-0.25, -0.2) is 0 Å². The number of carbonyl (C=O) groups is 3. The zero-order valence-corrected chi connectivity index (χ0v) is 46.5. The van der Waals surface area contributed by atoms with E-state index in [2.05, 4.69) is 118 Å². The van der Waals surface area contributed by atoms with Crippen LogP contribution in [0.1, 0.15) is 278 Å². The third-order valence-corrected chi connectivity index (χ3v) is 12.5. The Balaban J connectivity index is 4.44. The van der Waals surface area contributed by atoms with E-state index in [9.17, 15) is 14.4 Å². The van der Waals surface area contributed by atoms with E-state index in [1.54, 1.807) is 0 Å². The maximum Gasteiger partial charge on any atom is 0.306 e. The largest absolute Gasteiger partial charge is 0.462 e. The summed E-state index contributed by atoms with van der Waals surface area (Å²) in [6, 6.07) is 0. The molecular weight excluding hydrogens is 877 g/mol. The lowest BCUT2D eigenvalue weighted by Gasteiger charge is -2.18. The van der Waals surface area contributed by atoms with E-state index in [4.69, 9.17) is 14.2 Å². The zero-order chi connectivity index (χ0) is 51.4. The third kappa shape index (κ3) is 57.1. The second kappa shape index (κ2) is 58.9. The summed E-state index contributed by atoms with van der Waals surface area (Å²) in [5.74, 6) is -0.920. The predicted octanol–water partition coefficient (Wildman–Crippen LogP) is 20.1. The van der Waals surface area contributed by atoms with Crippen molar-refractivity contribution >= 4 is 17.9 Å². The summed E-state index contributed by atoms with van der Waals surface area (Å²) in [4.78, 5) is 38.2. The number of rotatable bonds is 53. The fourth-order valence-electron chi connectivity index (χ4n) is 8.08. The van der Waals surface area contributed by atoms with Crippen LogP contribution in [0.4, 0.5) is 0 Å². The average molecular weight is 988 g/mol. The predicted molar refractivity (Wildman–Crippen MR) is 307 cm³/mol. The highest BCUT2D eigenvalue weighted by Gasteiger charge is 2.19. The van der Waals surface area contributed by atoms with Crippen LogP contribution in [0.2, 0.25) is 0 Å². The van der Waals surface area contributed by atoms with E-state index in [1.165, 1.54) is 109 Å². The highest BCUT2D eigenvalue weighted by atomic mass is 16.6. The van der Waals surface area contributed by atoms with Crippen LogP contribution in [0, 0.1) is 0 Å². The Morgan fingerprint density at radius 3 is 0.859 bits per heavy atom. The topological polar surface area (TPSA) is 78.9 Å². The molecule has 0 aromatic rings. The molecule has 0 unspecified atom stereocenters. The molecular formula is C65H110O6. The minimum atomic E-state index is -0.796. The molecule has 0 aliphatic rings. The van der Waals surface area contributed by atoms with Crippen molar-refractivity contribution in [1.82, 2.24) is 0 Å². The van der Waals surface area contributed by atoms with Gasteiger partial charge >= 0.3 is 17.9 Å². The second-order valence-electron chi connectivity index (χ2n) is 19.5. The molecule has 0 saturated heterocycles. The standard InChI is InChI=1S/C65H110O6/c1-4-7-10-13-16-19-22-25-28-30-32-34-37-40-43-46-49-52-55-58-64(67)70-61-62(60-69-63(66)57-54-51-48-45-42-39-36-27-24-21-18-15-12-9-6-3)71-65(68)59-56-53-50-47-44-41-38-35-33-31-29-26-23-20-17-14-11-8-5-2/h9,12,16-21,25-29,33,35-36,62H,4-8,10-11,13-15,22-24,30-32,34,37-61H2,1-3H3/b12-9-,19-16-,20-17-,21-18-,28-25-,29-26-,35-33-,36-27-/t62-/m1/s1. The summed E-state index contributed by atoms with van der Waals surface area (Å²) in [6.45, 7) is 6.46. The minimum absolute atomic E-state index is 0.0911. The summed E-state index contributed by atoms with van der Waals surface area (Å²) >= 11 is 0. The van der Waals surface area contributed by atoms with E-state index < -0.39 is 6.10 Å². The molecule has 0 aliphatic carbocycles. The summed E-state index contributed by atoms with van der Waals surface area (Å²) in [7, 11) is 0. The summed E-state index contributed by atoms with van der Waals surface area (Å²) in [5.41, 5.74) is 0. The first kappa shape index (κ1) is 67.3. The van der Waals surface area contributed by atoms with E-state index in [1.807, 2.05) is 0 Å². The Labute approximate surface area is 438 Å². The van der Waals surface area contributed by atoms with E-state index in [0.29, 0.717) is 19.3 Å². The van der Waals surface area contributed by atoms with Gasteiger partial charge in [-0.2, -0.15) is 0 Å². The molecule has 0 spiro atoms. The van der Waals surface area contributed by atoms with Gasteiger partial charge < -0.3 is 14.2 Å². The van der Waals surface area contributed by atoms with Crippen LogP contribution in [0.5, 0.6) is 0 Å². The SMILES string of the molecule is CC/C=C\C/C=C\C/C=C\CCCCCCCC(=O)OC[C@H](COC(=O)CCCCCCCCCCC/C=C\C/C=C\CCCCC)OC(=O)CCCCCCCC/C=C\C/C=C\C/C=C\CCCCC. The van der Waals surface area contributed by atoms with E-state index in [-0.39, 0.29) is 31.1 Å². The number of ether oxygens (including phenoxy) is 3. The molecule has 0 N–H and O–H groups in total. The number of esters is 3. The van der Waals surface area contributed by atoms with Gasteiger partial charge in [-0.05, 0) is 122 Å². The normalized spacial score (nSPS) is 12.8. The van der Waals surface area contributed by atoms with Crippen LogP contribution in [-0.4, -0.2) is 37.2 Å². The molecule has 0 rings (SSSR count). The first-order valence-corrected chi connectivity index (χ1v) is 29.7. The molecule has 6 heteroatoms.